The van der Waals surface area contributed by atoms with Gasteiger partial charge in [0.25, 0.3) is 0 Å². The van der Waals surface area contributed by atoms with Crippen molar-refractivity contribution in [3.05, 3.63) is 51.8 Å². The molecule has 0 saturated heterocycles. The van der Waals surface area contributed by atoms with E-state index in [4.69, 9.17) is 5.73 Å². The predicted octanol–water partition coefficient (Wildman–Crippen LogP) is 1.55. The molecule has 0 amide bonds. The highest BCUT2D eigenvalue weighted by atomic mass is 16.6. The van der Waals surface area contributed by atoms with Gasteiger partial charge in [-0.3, -0.25) is 10.1 Å². The molecule has 0 atom stereocenters. The van der Waals surface area contributed by atoms with E-state index in [1.807, 2.05) is 12.1 Å². The van der Waals surface area contributed by atoms with Crippen LogP contribution in [0.2, 0.25) is 0 Å². The number of rotatable bonds is 3. The van der Waals surface area contributed by atoms with Gasteiger partial charge in [-0.15, -0.1) is 0 Å². The third-order valence-corrected chi connectivity index (χ3v) is 3.43. The lowest BCUT2D eigenvalue weighted by Gasteiger charge is -2.12. The number of hydrogen-bond acceptors (Lipinski definition) is 6. The van der Waals surface area contributed by atoms with Crippen LogP contribution in [-0.2, 0) is 12.8 Å². The van der Waals surface area contributed by atoms with E-state index < -0.39 is 4.92 Å². The molecule has 0 bridgehead atoms. The third-order valence-electron chi connectivity index (χ3n) is 3.43. The fourth-order valence-electron chi connectivity index (χ4n) is 2.53. The Kier molecular flexibility index (Phi) is 2.94. The molecule has 1 aromatic heterocycles. The Morgan fingerprint density at radius 2 is 1.90 bits per heavy atom. The molecule has 1 aliphatic rings. The molecule has 1 aliphatic carbocycles. The van der Waals surface area contributed by atoms with Crippen LogP contribution in [0.25, 0.3) is 0 Å². The molecule has 1 heterocycles. The number of nitro groups is 1. The molecular formula is C13H13N5O2. The molecule has 0 aliphatic heterocycles. The van der Waals surface area contributed by atoms with Crippen molar-refractivity contribution in [3.63, 3.8) is 0 Å². The molecule has 0 fully saturated rings. The van der Waals surface area contributed by atoms with Crippen LogP contribution in [0.15, 0.2) is 30.6 Å². The van der Waals surface area contributed by atoms with Crippen LogP contribution in [0, 0.1) is 10.1 Å². The van der Waals surface area contributed by atoms with Gasteiger partial charge in [0.2, 0.25) is 11.6 Å². The number of hydrogen-bond donors (Lipinski definition) is 2. The van der Waals surface area contributed by atoms with Crippen molar-refractivity contribution in [2.45, 2.75) is 18.9 Å². The van der Waals surface area contributed by atoms with Gasteiger partial charge in [0.05, 0.1) is 4.92 Å². The van der Waals surface area contributed by atoms with E-state index in [0.29, 0.717) is 0 Å². The smallest absolute Gasteiger partial charge is 0.352 e. The van der Waals surface area contributed by atoms with Gasteiger partial charge in [0, 0.05) is 6.04 Å². The first kappa shape index (κ1) is 12.3. The molecule has 3 N–H and O–H groups in total. The first-order valence-corrected chi connectivity index (χ1v) is 6.23. The monoisotopic (exact) mass is 271 g/mol. The number of nitrogen functional groups attached to an aromatic ring is 1. The largest absolute Gasteiger partial charge is 0.378 e. The van der Waals surface area contributed by atoms with Crippen LogP contribution in [0.4, 0.5) is 17.3 Å². The van der Waals surface area contributed by atoms with E-state index >= 15 is 0 Å². The lowest BCUT2D eigenvalue weighted by Crippen LogP contribution is -2.21. The molecule has 7 nitrogen and oxygen atoms in total. The summed E-state index contributed by atoms with van der Waals surface area (Å²) in [6.45, 7) is 0. The number of benzene rings is 1. The highest BCUT2D eigenvalue weighted by molar-refractivity contribution is 5.67. The van der Waals surface area contributed by atoms with Crippen LogP contribution in [0.5, 0.6) is 0 Å². The van der Waals surface area contributed by atoms with E-state index in [1.165, 1.54) is 17.5 Å². The second-order valence-corrected chi connectivity index (χ2v) is 4.73. The van der Waals surface area contributed by atoms with E-state index in [9.17, 15) is 10.1 Å². The van der Waals surface area contributed by atoms with Crippen molar-refractivity contribution < 1.29 is 4.92 Å². The zero-order valence-electron chi connectivity index (χ0n) is 10.6. The summed E-state index contributed by atoms with van der Waals surface area (Å²) in [5.41, 5.74) is 7.81. The highest BCUT2D eigenvalue weighted by Gasteiger charge is 2.26. The summed E-state index contributed by atoms with van der Waals surface area (Å²) in [5, 5.41) is 14.1. The van der Waals surface area contributed by atoms with E-state index in [2.05, 4.69) is 27.4 Å². The van der Waals surface area contributed by atoms with Gasteiger partial charge in [0.15, 0.2) is 0 Å². The zero-order chi connectivity index (χ0) is 14.1. The SMILES string of the molecule is Nc1ncnc(NC2Cc3ccccc3C2)c1[N+](=O)[O-]. The van der Waals surface area contributed by atoms with Gasteiger partial charge in [-0.1, -0.05) is 24.3 Å². The molecule has 7 heteroatoms. The molecule has 3 rings (SSSR count). The lowest BCUT2D eigenvalue weighted by atomic mass is 10.1. The number of anilines is 2. The Hall–Kier alpha value is -2.70. The second kappa shape index (κ2) is 4.76. The standard InChI is InChI=1S/C13H13N5O2/c14-12-11(18(19)20)13(16-7-15-12)17-10-5-8-3-1-2-4-9(8)6-10/h1-4,7,10H,5-6H2,(H3,14,15,16,17). The van der Waals surface area contributed by atoms with Crippen molar-refractivity contribution >= 4 is 17.3 Å². The second-order valence-electron chi connectivity index (χ2n) is 4.73. The summed E-state index contributed by atoms with van der Waals surface area (Å²) < 4.78 is 0. The maximum atomic E-state index is 11.0. The van der Waals surface area contributed by atoms with Gasteiger partial charge in [-0.25, -0.2) is 9.97 Å². The fourth-order valence-corrected chi connectivity index (χ4v) is 2.53. The van der Waals surface area contributed by atoms with Crippen molar-refractivity contribution in [1.29, 1.82) is 0 Å². The summed E-state index contributed by atoms with van der Waals surface area (Å²) in [6.07, 6.45) is 2.86. The summed E-state index contributed by atoms with van der Waals surface area (Å²) >= 11 is 0. The van der Waals surface area contributed by atoms with Gasteiger partial charge in [-0.05, 0) is 24.0 Å². The third kappa shape index (κ3) is 2.13. The van der Waals surface area contributed by atoms with Crippen molar-refractivity contribution in [2.24, 2.45) is 0 Å². The van der Waals surface area contributed by atoms with Gasteiger partial charge >= 0.3 is 5.69 Å². The zero-order valence-corrected chi connectivity index (χ0v) is 10.6. The molecule has 1 aromatic carbocycles. The summed E-state index contributed by atoms with van der Waals surface area (Å²) in [4.78, 5) is 18.1. The van der Waals surface area contributed by atoms with Crippen LogP contribution in [0.1, 0.15) is 11.1 Å². The Bertz CT molecular complexity index is 649. The molecular weight excluding hydrogens is 258 g/mol. The van der Waals surface area contributed by atoms with Crippen LogP contribution >= 0.6 is 0 Å². The predicted molar refractivity (Wildman–Crippen MR) is 74.4 cm³/mol. The summed E-state index contributed by atoms with van der Waals surface area (Å²) in [5.74, 6) is 0.0586. The maximum Gasteiger partial charge on any atom is 0.352 e. The molecule has 20 heavy (non-hydrogen) atoms. The average molecular weight is 271 g/mol. The summed E-state index contributed by atoms with van der Waals surface area (Å²) in [7, 11) is 0. The molecule has 0 unspecified atom stereocenters. The maximum absolute atomic E-state index is 11.0. The number of nitrogens with zero attached hydrogens (tertiary/aromatic N) is 3. The van der Waals surface area contributed by atoms with Gasteiger partial charge < -0.3 is 11.1 Å². The van der Waals surface area contributed by atoms with Crippen LogP contribution in [0.3, 0.4) is 0 Å². The molecule has 102 valence electrons. The van der Waals surface area contributed by atoms with Crippen molar-refractivity contribution in [3.8, 4) is 0 Å². The van der Waals surface area contributed by atoms with Crippen LogP contribution < -0.4 is 11.1 Å². The number of nitrogens with one attached hydrogen (secondary N) is 1. The number of fused-ring (bicyclic) bond motifs is 1. The topological polar surface area (TPSA) is 107 Å². The minimum Gasteiger partial charge on any atom is -0.378 e. The van der Waals surface area contributed by atoms with E-state index in [-0.39, 0.29) is 23.4 Å². The fraction of sp³-hybridized carbons (Fsp3) is 0.231. The first-order chi connectivity index (χ1) is 9.65. The van der Waals surface area contributed by atoms with E-state index in [1.54, 1.807) is 0 Å². The average Bonchev–Trinajstić information content (AvgIpc) is 2.80. The minimum atomic E-state index is -0.556. The first-order valence-electron chi connectivity index (χ1n) is 6.23. The lowest BCUT2D eigenvalue weighted by molar-refractivity contribution is -0.383. The van der Waals surface area contributed by atoms with Crippen LogP contribution in [-0.4, -0.2) is 20.9 Å². The normalized spacial score (nSPS) is 14.0. The molecule has 0 saturated carbocycles. The Morgan fingerprint density at radius 1 is 1.25 bits per heavy atom. The highest BCUT2D eigenvalue weighted by Crippen LogP contribution is 2.30. The Balaban J connectivity index is 1.84. The van der Waals surface area contributed by atoms with Gasteiger partial charge in [-0.2, -0.15) is 0 Å². The minimum absolute atomic E-state index is 0.0837. The number of aromatic nitrogens is 2. The molecule has 2 aromatic rings. The molecule has 0 spiro atoms. The molecule has 0 radical (unpaired) electrons. The van der Waals surface area contributed by atoms with Gasteiger partial charge in [0.1, 0.15) is 6.33 Å². The number of nitrogens with two attached hydrogens (primary N) is 1. The van der Waals surface area contributed by atoms with E-state index in [0.717, 1.165) is 12.8 Å². The van der Waals surface area contributed by atoms with Crippen molar-refractivity contribution in [1.82, 2.24) is 9.97 Å². The quantitative estimate of drug-likeness (QED) is 0.647. The van der Waals surface area contributed by atoms with Crippen molar-refractivity contribution in [2.75, 3.05) is 11.1 Å². The Morgan fingerprint density at radius 3 is 2.50 bits per heavy atom. The summed E-state index contributed by atoms with van der Waals surface area (Å²) in [6, 6.07) is 8.21. The Labute approximate surface area is 115 Å².